The summed E-state index contributed by atoms with van der Waals surface area (Å²) in [7, 11) is 1.57. The first-order chi connectivity index (χ1) is 11.6. The topological polar surface area (TPSA) is 67.4 Å². The van der Waals surface area contributed by atoms with Crippen LogP contribution >= 0.6 is 0 Å². The largest absolute Gasteiger partial charge is 0.497 e. The van der Waals surface area contributed by atoms with Crippen LogP contribution in [0, 0.1) is 11.8 Å². The van der Waals surface area contributed by atoms with Crippen LogP contribution in [0.2, 0.25) is 0 Å². The highest BCUT2D eigenvalue weighted by Gasteiger charge is 2.39. The minimum atomic E-state index is -0.275. The molecule has 0 heterocycles. The highest BCUT2D eigenvalue weighted by atomic mass is 16.5. The molecular weight excluding hydrogens is 304 g/mol. The van der Waals surface area contributed by atoms with Gasteiger partial charge >= 0.3 is 0 Å². The molecule has 3 rings (SSSR count). The van der Waals surface area contributed by atoms with Gasteiger partial charge < -0.3 is 15.4 Å². The number of carbonyl (C=O) groups is 2. The van der Waals surface area contributed by atoms with E-state index in [1.54, 1.807) is 55.6 Å². The second-order valence-corrected chi connectivity index (χ2v) is 6.04. The van der Waals surface area contributed by atoms with Crippen LogP contribution in [-0.2, 0) is 4.79 Å². The lowest BCUT2D eigenvalue weighted by Crippen LogP contribution is -2.19. The number of hydrogen-bond acceptors (Lipinski definition) is 3. The Balaban J connectivity index is 1.75. The van der Waals surface area contributed by atoms with Gasteiger partial charge in [-0.2, -0.15) is 0 Å². The van der Waals surface area contributed by atoms with Gasteiger partial charge in [0.15, 0.2) is 0 Å². The monoisotopic (exact) mass is 324 g/mol. The van der Waals surface area contributed by atoms with Gasteiger partial charge in [-0.3, -0.25) is 9.59 Å². The Kier molecular flexibility index (Phi) is 4.51. The van der Waals surface area contributed by atoms with Gasteiger partial charge in [-0.25, -0.2) is 0 Å². The van der Waals surface area contributed by atoms with Crippen molar-refractivity contribution < 1.29 is 14.3 Å². The van der Waals surface area contributed by atoms with E-state index in [2.05, 4.69) is 10.6 Å². The van der Waals surface area contributed by atoms with Crippen LogP contribution in [-0.4, -0.2) is 18.9 Å². The van der Waals surface area contributed by atoms with Gasteiger partial charge in [-0.05, 0) is 36.6 Å². The number of methoxy groups -OCH3 is 1. The van der Waals surface area contributed by atoms with E-state index in [4.69, 9.17) is 4.74 Å². The maximum Gasteiger partial charge on any atom is 0.257 e. The van der Waals surface area contributed by atoms with Crippen LogP contribution in [0.25, 0.3) is 0 Å². The highest BCUT2D eigenvalue weighted by molar-refractivity contribution is 6.10. The van der Waals surface area contributed by atoms with E-state index in [1.807, 2.05) is 6.92 Å². The first-order valence-electron chi connectivity index (χ1n) is 7.94. The maximum atomic E-state index is 12.6. The second kappa shape index (κ2) is 6.74. The maximum absolute atomic E-state index is 12.6. The molecule has 0 saturated heterocycles. The minimum Gasteiger partial charge on any atom is -0.497 e. The highest BCUT2D eigenvalue weighted by Crippen LogP contribution is 2.38. The molecule has 5 nitrogen and oxygen atoms in total. The molecule has 1 aliphatic rings. The van der Waals surface area contributed by atoms with E-state index in [1.165, 1.54) is 0 Å². The molecule has 0 aliphatic heterocycles. The van der Waals surface area contributed by atoms with Crippen molar-refractivity contribution >= 4 is 23.2 Å². The van der Waals surface area contributed by atoms with Gasteiger partial charge in [0.1, 0.15) is 5.75 Å². The first-order valence-corrected chi connectivity index (χ1v) is 7.94. The van der Waals surface area contributed by atoms with Crippen LogP contribution in [0.3, 0.4) is 0 Å². The van der Waals surface area contributed by atoms with Gasteiger partial charge in [0, 0.05) is 17.7 Å². The van der Waals surface area contributed by atoms with E-state index in [9.17, 15) is 9.59 Å². The smallest absolute Gasteiger partial charge is 0.257 e. The number of benzene rings is 2. The minimum absolute atomic E-state index is 0.0240. The van der Waals surface area contributed by atoms with Gasteiger partial charge in [0.05, 0.1) is 18.4 Å². The predicted octanol–water partition coefficient (Wildman–Crippen LogP) is 3.54. The summed E-state index contributed by atoms with van der Waals surface area (Å²) in [6.45, 7) is 2.05. The summed E-state index contributed by atoms with van der Waals surface area (Å²) in [6, 6.07) is 14.1. The Morgan fingerprint density at radius 2 is 1.83 bits per heavy atom. The third-order valence-corrected chi connectivity index (χ3v) is 4.20. The normalized spacial score (nSPS) is 18.6. The van der Waals surface area contributed by atoms with Crippen molar-refractivity contribution in [2.24, 2.45) is 11.8 Å². The number of nitrogens with one attached hydrogen (secondary N) is 2. The number of hydrogen-bond donors (Lipinski definition) is 2. The summed E-state index contributed by atoms with van der Waals surface area (Å²) in [5, 5.41) is 5.70. The zero-order valence-corrected chi connectivity index (χ0v) is 13.7. The Bertz CT molecular complexity index is 773. The number of ether oxygens (including phenoxy) is 1. The van der Waals surface area contributed by atoms with E-state index in [0.717, 1.165) is 6.42 Å². The predicted molar refractivity (Wildman–Crippen MR) is 93.3 cm³/mol. The second-order valence-electron chi connectivity index (χ2n) is 6.04. The quantitative estimate of drug-likeness (QED) is 0.884. The van der Waals surface area contributed by atoms with Crippen molar-refractivity contribution in [2.75, 3.05) is 17.7 Å². The molecule has 0 bridgehead atoms. The lowest BCUT2D eigenvalue weighted by Gasteiger charge is -2.12. The molecule has 124 valence electrons. The average Bonchev–Trinajstić information content (AvgIpc) is 3.32. The molecule has 1 saturated carbocycles. The summed E-state index contributed by atoms with van der Waals surface area (Å²) in [6.07, 6.45) is 0.907. The fourth-order valence-corrected chi connectivity index (χ4v) is 2.60. The third-order valence-electron chi connectivity index (χ3n) is 4.20. The summed E-state index contributed by atoms with van der Waals surface area (Å²) in [5.74, 6) is 0.839. The SMILES string of the molecule is COc1cccc(NC(=O)c2ccccc2NC(=O)C2CC2C)c1. The fraction of sp³-hybridized carbons (Fsp3) is 0.263. The molecular formula is C19H20N2O3. The molecule has 5 heteroatoms. The summed E-state index contributed by atoms with van der Waals surface area (Å²) in [4.78, 5) is 24.7. The summed E-state index contributed by atoms with van der Waals surface area (Å²) >= 11 is 0. The Labute approximate surface area is 141 Å². The molecule has 2 N–H and O–H groups in total. The van der Waals surface area contributed by atoms with Crippen molar-refractivity contribution in [3.8, 4) is 5.75 Å². The number of amides is 2. The summed E-state index contributed by atoms with van der Waals surface area (Å²) in [5.41, 5.74) is 1.60. The first kappa shape index (κ1) is 16.1. The van der Waals surface area contributed by atoms with E-state index in [0.29, 0.717) is 28.6 Å². The van der Waals surface area contributed by atoms with E-state index >= 15 is 0 Å². The third kappa shape index (κ3) is 3.56. The van der Waals surface area contributed by atoms with Gasteiger partial charge in [-0.1, -0.05) is 25.1 Å². The standard InChI is InChI=1S/C19H20N2O3/c1-12-10-16(12)19(23)21-17-9-4-3-8-15(17)18(22)20-13-6-5-7-14(11-13)24-2/h3-9,11-12,16H,10H2,1-2H3,(H,20,22)(H,21,23). The zero-order valence-electron chi connectivity index (χ0n) is 13.7. The Morgan fingerprint density at radius 1 is 1.08 bits per heavy atom. The van der Waals surface area contributed by atoms with Crippen molar-refractivity contribution in [3.63, 3.8) is 0 Å². The van der Waals surface area contributed by atoms with Crippen LogP contribution in [0.15, 0.2) is 48.5 Å². The lowest BCUT2D eigenvalue weighted by atomic mass is 10.1. The lowest BCUT2D eigenvalue weighted by molar-refractivity contribution is -0.117. The van der Waals surface area contributed by atoms with Gasteiger partial charge in [-0.15, -0.1) is 0 Å². The van der Waals surface area contributed by atoms with Crippen LogP contribution < -0.4 is 15.4 Å². The fourth-order valence-electron chi connectivity index (χ4n) is 2.60. The van der Waals surface area contributed by atoms with Crippen molar-refractivity contribution in [1.29, 1.82) is 0 Å². The molecule has 0 spiro atoms. The van der Waals surface area contributed by atoms with Crippen molar-refractivity contribution in [2.45, 2.75) is 13.3 Å². The molecule has 2 aromatic rings. The average molecular weight is 324 g/mol. The number of rotatable bonds is 5. The van der Waals surface area contributed by atoms with Gasteiger partial charge in [0.25, 0.3) is 5.91 Å². The molecule has 2 atom stereocenters. The van der Waals surface area contributed by atoms with Crippen molar-refractivity contribution in [1.82, 2.24) is 0 Å². The molecule has 0 radical (unpaired) electrons. The molecule has 1 fully saturated rings. The van der Waals surface area contributed by atoms with Gasteiger partial charge in [0.2, 0.25) is 5.91 Å². The molecule has 2 amide bonds. The number of para-hydroxylation sites is 1. The zero-order chi connectivity index (χ0) is 17.1. The Hall–Kier alpha value is -2.82. The van der Waals surface area contributed by atoms with Crippen LogP contribution in [0.1, 0.15) is 23.7 Å². The van der Waals surface area contributed by atoms with Crippen LogP contribution in [0.5, 0.6) is 5.75 Å². The number of anilines is 2. The molecule has 2 unspecified atom stereocenters. The Morgan fingerprint density at radius 3 is 2.54 bits per heavy atom. The van der Waals surface area contributed by atoms with Crippen molar-refractivity contribution in [3.05, 3.63) is 54.1 Å². The molecule has 24 heavy (non-hydrogen) atoms. The molecule has 1 aliphatic carbocycles. The molecule has 0 aromatic heterocycles. The summed E-state index contributed by atoms with van der Waals surface area (Å²) < 4.78 is 5.15. The van der Waals surface area contributed by atoms with Crippen LogP contribution in [0.4, 0.5) is 11.4 Å². The van der Waals surface area contributed by atoms with E-state index < -0.39 is 0 Å². The molecule has 2 aromatic carbocycles. The number of carbonyl (C=O) groups excluding carboxylic acids is 2. The van der Waals surface area contributed by atoms with E-state index in [-0.39, 0.29) is 17.7 Å².